The van der Waals surface area contributed by atoms with Crippen LogP contribution in [0.15, 0.2) is 52.3 Å². The number of nitrogens with zero attached hydrogens (tertiary/aromatic N) is 1. The van der Waals surface area contributed by atoms with E-state index in [1.807, 2.05) is 24.3 Å². The molecule has 5 heteroatoms. The van der Waals surface area contributed by atoms with Gasteiger partial charge in [0.25, 0.3) is 0 Å². The van der Waals surface area contributed by atoms with Crippen LogP contribution in [0.25, 0.3) is 0 Å². The van der Waals surface area contributed by atoms with Gasteiger partial charge in [0.2, 0.25) is 0 Å². The number of hydrogen-bond donors (Lipinski definition) is 2. The van der Waals surface area contributed by atoms with Crippen molar-refractivity contribution in [1.29, 1.82) is 0 Å². The van der Waals surface area contributed by atoms with Crippen molar-refractivity contribution in [2.45, 2.75) is 12.6 Å². The number of methoxy groups -OCH3 is 1. The molecule has 2 aromatic rings. The van der Waals surface area contributed by atoms with Gasteiger partial charge >= 0.3 is 0 Å². The summed E-state index contributed by atoms with van der Waals surface area (Å²) in [6.45, 7) is 1.40. The average Bonchev–Trinajstić information content (AvgIpc) is 3.16. The molecule has 5 nitrogen and oxygen atoms in total. The molecule has 1 aromatic heterocycles. The van der Waals surface area contributed by atoms with E-state index in [2.05, 4.69) is 21.7 Å². The minimum Gasteiger partial charge on any atom is -0.496 e. The lowest BCUT2D eigenvalue weighted by molar-refractivity contribution is 0.405. The standard InChI is InChI=1S/C15H17N3O2/c1-19-14-5-3-2-4-12(14)13-9-17-15(18-13)16-8-11-6-7-20-10-11/h2-7,10,13H,8-9H2,1H3,(H2,16,17,18). The number of guanidine groups is 1. The monoisotopic (exact) mass is 271 g/mol. The van der Waals surface area contributed by atoms with Gasteiger partial charge in [-0.2, -0.15) is 0 Å². The van der Waals surface area contributed by atoms with Crippen LogP contribution in [0.1, 0.15) is 17.2 Å². The molecule has 1 aliphatic heterocycles. The van der Waals surface area contributed by atoms with Gasteiger partial charge in [-0.1, -0.05) is 18.2 Å². The van der Waals surface area contributed by atoms with Crippen LogP contribution in [0.5, 0.6) is 5.75 Å². The minimum absolute atomic E-state index is 0.151. The Kier molecular flexibility index (Phi) is 3.58. The van der Waals surface area contributed by atoms with Gasteiger partial charge < -0.3 is 19.8 Å². The maximum atomic E-state index is 5.39. The zero-order valence-corrected chi connectivity index (χ0v) is 11.3. The van der Waals surface area contributed by atoms with Gasteiger partial charge in [-0.3, -0.25) is 4.99 Å². The number of rotatable bonds is 4. The summed E-state index contributed by atoms with van der Waals surface area (Å²) in [5.74, 6) is 1.69. The van der Waals surface area contributed by atoms with Gasteiger partial charge in [0.15, 0.2) is 5.96 Å². The van der Waals surface area contributed by atoms with Crippen LogP contribution in [-0.4, -0.2) is 19.6 Å². The molecule has 0 aliphatic carbocycles. The quantitative estimate of drug-likeness (QED) is 0.894. The molecule has 0 saturated carbocycles. The molecule has 0 amide bonds. The van der Waals surface area contributed by atoms with Crippen molar-refractivity contribution in [2.24, 2.45) is 4.99 Å². The van der Waals surface area contributed by atoms with E-state index in [1.54, 1.807) is 19.6 Å². The molecule has 2 heterocycles. The van der Waals surface area contributed by atoms with Crippen molar-refractivity contribution in [3.8, 4) is 5.75 Å². The molecule has 20 heavy (non-hydrogen) atoms. The Morgan fingerprint density at radius 2 is 2.30 bits per heavy atom. The molecule has 1 unspecified atom stereocenters. The zero-order valence-electron chi connectivity index (χ0n) is 11.3. The predicted molar refractivity (Wildman–Crippen MR) is 76.7 cm³/mol. The summed E-state index contributed by atoms with van der Waals surface area (Å²) in [7, 11) is 1.69. The fourth-order valence-electron chi connectivity index (χ4n) is 2.26. The summed E-state index contributed by atoms with van der Waals surface area (Å²) in [4.78, 5) is 4.48. The van der Waals surface area contributed by atoms with Crippen molar-refractivity contribution in [3.63, 3.8) is 0 Å². The maximum absolute atomic E-state index is 5.39. The zero-order chi connectivity index (χ0) is 13.8. The number of aliphatic imine (C=N–C) groups is 1. The molecule has 1 atom stereocenters. The third-order valence-corrected chi connectivity index (χ3v) is 3.30. The number of para-hydroxylation sites is 1. The van der Waals surface area contributed by atoms with Gasteiger partial charge in [0.1, 0.15) is 5.75 Å². The Hall–Kier alpha value is -2.43. The van der Waals surface area contributed by atoms with E-state index in [4.69, 9.17) is 9.15 Å². The second kappa shape index (κ2) is 5.69. The maximum Gasteiger partial charge on any atom is 0.192 e. The van der Waals surface area contributed by atoms with Gasteiger partial charge in [-0.15, -0.1) is 0 Å². The topological polar surface area (TPSA) is 58.8 Å². The Labute approximate surface area is 117 Å². The van der Waals surface area contributed by atoms with Crippen LogP contribution in [0, 0.1) is 0 Å². The first-order chi connectivity index (χ1) is 9.86. The van der Waals surface area contributed by atoms with Gasteiger partial charge in [0.05, 0.1) is 32.2 Å². The largest absolute Gasteiger partial charge is 0.496 e. The van der Waals surface area contributed by atoms with E-state index in [1.165, 1.54) is 0 Å². The summed E-state index contributed by atoms with van der Waals surface area (Å²) >= 11 is 0. The lowest BCUT2D eigenvalue weighted by Gasteiger charge is -2.15. The van der Waals surface area contributed by atoms with Crippen LogP contribution in [0.2, 0.25) is 0 Å². The van der Waals surface area contributed by atoms with Crippen molar-refractivity contribution in [3.05, 3.63) is 54.0 Å². The first-order valence-corrected chi connectivity index (χ1v) is 6.55. The number of furan rings is 1. The van der Waals surface area contributed by atoms with E-state index in [0.717, 1.165) is 22.8 Å². The minimum atomic E-state index is 0.151. The molecular weight excluding hydrogens is 254 g/mol. The van der Waals surface area contributed by atoms with Crippen LogP contribution in [0.3, 0.4) is 0 Å². The summed E-state index contributed by atoms with van der Waals surface area (Å²) in [5, 5.41) is 6.63. The molecule has 3 rings (SSSR count). The molecule has 0 fully saturated rings. The Morgan fingerprint density at radius 3 is 3.10 bits per heavy atom. The Morgan fingerprint density at radius 1 is 1.40 bits per heavy atom. The summed E-state index contributed by atoms with van der Waals surface area (Å²) in [6, 6.07) is 10.1. The lowest BCUT2D eigenvalue weighted by Crippen LogP contribution is -2.34. The van der Waals surface area contributed by atoms with Crippen LogP contribution in [-0.2, 0) is 6.54 Å². The Bertz CT molecular complexity index is 593. The van der Waals surface area contributed by atoms with E-state index in [-0.39, 0.29) is 6.04 Å². The first kappa shape index (κ1) is 12.6. The molecular formula is C15H17N3O2. The molecule has 1 aromatic carbocycles. The summed E-state index contributed by atoms with van der Waals surface area (Å²) in [6.07, 6.45) is 3.39. The van der Waals surface area contributed by atoms with E-state index >= 15 is 0 Å². The smallest absolute Gasteiger partial charge is 0.192 e. The van der Waals surface area contributed by atoms with E-state index in [9.17, 15) is 0 Å². The first-order valence-electron chi connectivity index (χ1n) is 6.55. The molecule has 2 N–H and O–H groups in total. The fraction of sp³-hybridized carbons (Fsp3) is 0.267. The molecule has 0 spiro atoms. The predicted octanol–water partition coefficient (Wildman–Crippen LogP) is 2.08. The summed E-state index contributed by atoms with van der Waals surface area (Å²) < 4.78 is 10.4. The number of benzene rings is 1. The summed E-state index contributed by atoms with van der Waals surface area (Å²) in [5.41, 5.74) is 2.22. The number of hydrogen-bond acceptors (Lipinski definition) is 5. The third-order valence-electron chi connectivity index (χ3n) is 3.30. The molecule has 0 saturated heterocycles. The highest BCUT2D eigenvalue weighted by molar-refractivity contribution is 5.82. The highest BCUT2D eigenvalue weighted by atomic mass is 16.5. The second-order valence-electron chi connectivity index (χ2n) is 4.61. The number of ether oxygens (including phenoxy) is 1. The average molecular weight is 271 g/mol. The van der Waals surface area contributed by atoms with Crippen LogP contribution < -0.4 is 15.4 Å². The SMILES string of the molecule is COc1ccccc1C1CN=C(NCc2ccoc2)N1. The highest BCUT2D eigenvalue weighted by Gasteiger charge is 2.21. The van der Waals surface area contributed by atoms with Crippen LogP contribution in [0.4, 0.5) is 0 Å². The van der Waals surface area contributed by atoms with Crippen molar-refractivity contribution in [2.75, 3.05) is 13.7 Å². The molecule has 1 aliphatic rings. The number of nitrogens with one attached hydrogen (secondary N) is 2. The molecule has 0 radical (unpaired) electrons. The van der Waals surface area contributed by atoms with Gasteiger partial charge in [-0.05, 0) is 12.1 Å². The van der Waals surface area contributed by atoms with Gasteiger partial charge in [-0.25, -0.2) is 0 Å². The van der Waals surface area contributed by atoms with Crippen LogP contribution >= 0.6 is 0 Å². The van der Waals surface area contributed by atoms with Crippen molar-refractivity contribution >= 4 is 5.96 Å². The second-order valence-corrected chi connectivity index (χ2v) is 4.61. The van der Waals surface area contributed by atoms with E-state index in [0.29, 0.717) is 13.1 Å². The fourth-order valence-corrected chi connectivity index (χ4v) is 2.26. The van der Waals surface area contributed by atoms with Crippen molar-refractivity contribution in [1.82, 2.24) is 10.6 Å². The molecule has 104 valence electrons. The molecule has 0 bridgehead atoms. The Balaban J connectivity index is 1.61. The normalized spacial score (nSPS) is 17.4. The third kappa shape index (κ3) is 2.61. The van der Waals surface area contributed by atoms with Gasteiger partial charge in [0, 0.05) is 17.7 Å². The lowest BCUT2D eigenvalue weighted by atomic mass is 10.1. The van der Waals surface area contributed by atoms with Crippen molar-refractivity contribution < 1.29 is 9.15 Å². The highest BCUT2D eigenvalue weighted by Crippen LogP contribution is 2.26. The van der Waals surface area contributed by atoms with E-state index < -0.39 is 0 Å².